The third kappa shape index (κ3) is 2.72. The number of carbonyl (C=O) groups is 1. The Labute approximate surface area is 107 Å². The minimum atomic E-state index is -0.372. The Balaban J connectivity index is 2.23. The number of aromatic nitrogens is 2. The number of nitrogens with zero attached hydrogens (tertiary/aromatic N) is 2. The van der Waals surface area contributed by atoms with Gasteiger partial charge in [-0.05, 0) is 24.3 Å². The summed E-state index contributed by atoms with van der Waals surface area (Å²) >= 11 is 3.36. The van der Waals surface area contributed by atoms with Crippen LogP contribution in [-0.2, 0) is 4.84 Å². The second kappa shape index (κ2) is 5.11. The van der Waals surface area contributed by atoms with Gasteiger partial charge >= 0.3 is 0 Å². The zero-order valence-corrected chi connectivity index (χ0v) is 10.6. The van der Waals surface area contributed by atoms with Gasteiger partial charge < -0.3 is 4.57 Å². The molecule has 88 valence electrons. The van der Waals surface area contributed by atoms with Crippen LogP contribution in [0.4, 0.5) is 0 Å². The highest BCUT2D eigenvalue weighted by atomic mass is 79.9. The first-order valence-corrected chi connectivity index (χ1v) is 5.63. The molecule has 1 amide bonds. The fourth-order valence-electron chi connectivity index (χ4n) is 1.34. The van der Waals surface area contributed by atoms with Crippen molar-refractivity contribution in [3.8, 4) is 5.69 Å². The maximum atomic E-state index is 11.4. The van der Waals surface area contributed by atoms with E-state index in [2.05, 4.69) is 31.2 Å². The lowest BCUT2D eigenvalue weighted by Crippen LogP contribution is -2.22. The lowest BCUT2D eigenvalue weighted by molar-refractivity contribution is 0.0533. The molecular weight excluding hydrogens is 286 g/mol. The SMILES string of the molecule is CONC(=O)c1cn(-c2ccc(Br)cc2)cn1. The van der Waals surface area contributed by atoms with Crippen molar-refractivity contribution in [2.75, 3.05) is 7.11 Å². The Morgan fingerprint density at radius 1 is 1.41 bits per heavy atom. The van der Waals surface area contributed by atoms with Crippen LogP contribution in [-0.4, -0.2) is 22.6 Å². The molecule has 1 N–H and O–H groups in total. The van der Waals surface area contributed by atoms with Crippen LogP contribution in [0.1, 0.15) is 10.5 Å². The lowest BCUT2D eigenvalue weighted by atomic mass is 10.3. The molecule has 0 atom stereocenters. The van der Waals surface area contributed by atoms with E-state index < -0.39 is 0 Å². The molecule has 0 radical (unpaired) electrons. The minimum Gasteiger partial charge on any atom is -0.305 e. The molecule has 0 aliphatic carbocycles. The highest BCUT2D eigenvalue weighted by Gasteiger charge is 2.09. The number of rotatable bonds is 3. The van der Waals surface area contributed by atoms with Gasteiger partial charge in [-0.1, -0.05) is 15.9 Å². The zero-order valence-electron chi connectivity index (χ0n) is 9.05. The Morgan fingerprint density at radius 2 is 2.12 bits per heavy atom. The molecule has 1 heterocycles. The van der Waals surface area contributed by atoms with E-state index in [1.807, 2.05) is 24.3 Å². The second-order valence-electron chi connectivity index (χ2n) is 3.28. The van der Waals surface area contributed by atoms with Gasteiger partial charge in [-0.25, -0.2) is 10.5 Å². The monoisotopic (exact) mass is 295 g/mol. The van der Waals surface area contributed by atoms with Crippen molar-refractivity contribution in [2.24, 2.45) is 0 Å². The molecule has 2 aromatic rings. The summed E-state index contributed by atoms with van der Waals surface area (Å²) in [7, 11) is 1.38. The summed E-state index contributed by atoms with van der Waals surface area (Å²) in [4.78, 5) is 20.0. The van der Waals surface area contributed by atoms with Gasteiger partial charge in [0.05, 0.1) is 7.11 Å². The van der Waals surface area contributed by atoms with E-state index in [1.54, 1.807) is 17.1 Å². The van der Waals surface area contributed by atoms with Crippen LogP contribution in [0, 0.1) is 0 Å². The van der Waals surface area contributed by atoms with E-state index in [-0.39, 0.29) is 5.91 Å². The number of benzene rings is 1. The average Bonchev–Trinajstić information content (AvgIpc) is 2.80. The van der Waals surface area contributed by atoms with Crippen molar-refractivity contribution >= 4 is 21.8 Å². The molecule has 0 saturated heterocycles. The van der Waals surface area contributed by atoms with Crippen molar-refractivity contribution in [2.45, 2.75) is 0 Å². The lowest BCUT2D eigenvalue weighted by Gasteiger charge is -2.01. The minimum absolute atomic E-state index is 0.301. The summed E-state index contributed by atoms with van der Waals surface area (Å²) in [6, 6.07) is 7.68. The summed E-state index contributed by atoms with van der Waals surface area (Å²) in [5.41, 5.74) is 3.44. The highest BCUT2D eigenvalue weighted by molar-refractivity contribution is 9.10. The topological polar surface area (TPSA) is 56.1 Å². The number of carbonyl (C=O) groups excluding carboxylic acids is 1. The number of halogens is 1. The first-order valence-electron chi connectivity index (χ1n) is 4.84. The number of hydroxylamine groups is 1. The highest BCUT2D eigenvalue weighted by Crippen LogP contribution is 2.14. The molecule has 0 spiro atoms. The predicted octanol–water partition coefficient (Wildman–Crippen LogP) is 1.93. The maximum Gasteiger partial charge on any atom is 0.295 e. The molecule has 0 aliphatic rings. The summed E-state index contributed by atoms with van der Waals surface area (Å²) in [6.45, 7) is 0. The van der Waals surface area contributed by atoms with Crippen LogP contribution < -0.4 is 5.48 Å². The molecule has 0 bridgehead atoms. The number of hydrogen-bond acceptors (Lipinski definition) is 3. The third-order valence-corrected chi connectivity index (χ3v) is 2.66. The van der Waals surface area contributed by atoms with Crippen molar-refractivity contribution in [1.82, 2.24) is 15.0 Å². The van der Waals surface area contributed by atoms with Crippen molar-refractivity contribution in [3.05, 3.63) is 47.0 Å². The zero-order chi connectivity index (χ0) is 12.3. The van der Waals surface area contributed by atoms with Gasteiger partial charge in [-0.15, -0.1) is 0 Å². The van der Waals surface area contributed by atoms with Crippen LogP contribution >= 0.6 is 15.9 Å². The van der Waals surface area contributed by atoms with Crippen LogP contribution in [0.5, 0.6) is 0 Å². The largest absolute Gasteiger partial charge is 0.305 e. The third-order valence-electron chi connectivity index (χ3n) is 2.13. The average molecular weight is 296 g/mol. The van der Waals surface area contributed by atoms with Gasteiger partial charge in [0.2, 0.25) is 0 Å². The van der Waals surface area contributed by atoms with Gasteiger partial charge in [0, 0.05) is 16.4 Å². The first-order chi connectivity index (χ1) is 8.20. The Bertz CT molecular complexity index is 522. The number of nitrogens with one attached hydrogen (secondary N) is 1. The maximum absolute atomic E-state index is 11.4. The van der Waals surface area contributed by atoms with Gasteiger partial charge in [0.15, 0.2) is 0 Å². The van der Waals surface area contributed by atoms with Gasteiger partial charge in [0.25, 0.3) is 5.91 Å². The van der Waals surface area contributed by atoms with Crippen LogP contribution in [0.2, 0.25) is 0 Å². The van der Waals surface area contributed by atoms with Gasteiger partial charge in [-0.3, -0.25) is 9.63 Å². The summed E-state index contributed by atoms with van der Waals surface area (Å²) in [6.07, 6.45) is 3.21. The van der Waals surface area contributed by atoms with Crippen LogP contribution in [0.3, 0.4) is 0 Å². The standard InChI is InChI=1S/C11H10BrN3O2/c1-17-14-11(16)10-6-15(7-13-10)9-4-2-8(12)3-5-9/h2-7H,1H3,(H,14,16). The summed E-state index contributed by atoms with van der Waals surface area (Å²) < 4.78 is 2.76. The number of imidazole rings is 1. The van der Waals surface area contributed by atoms with Crippen LogP contribution in [0.25, 0.3) is 5.69 Å². The summed E-state index contributed by atoms with van der Waals surface area (Å²) in [5, 5.41) is 0. The van der Waals surface area contributed by atoms with E-state index in [4.69, 9.17) is 0 Å². The molecule has 2 rings (SSSR count). The molecule has 6 heteroatoms. The smallest absolute Gasteiger partial charge is 0.295 e. The molecule has 17 heavy (non-hydrogen) atoms. The fraction of sp³-hybridized carbons (Fsp3) is 0.0909. The van der Waals surface area contributed by atoms with E-state index in [0.29, 0.717) is 5.69 Å². The second-order valence-corrected chi connectivity index (χ2v) is 4.19. The molecular formula is C11H10BrN3O2. The van der Waals surface area contributed by atoms with Gasteiger partial charge in [0.1, 0.15) is 12.0 Å². The van der Waals surface area contributed by atoms with Crippen molar-refractivity contribution in [1.29, 1.82) is 0 Å². The summed E-state index contributed by atoms with van der Waals surface area (Å²) in [5.74, 6) is -0.372. The molecule has 0 fully saturated rings. The molecule has 0 saturated carbocycles. The first kappa shape index (κ1) is 11.8. The quantitative estimate of drug-likeness (QED) is 0.880. The molecule has 1 aromatic heterocycles. The van der Waals surface area contributed by atoms with Crippen molar-refractivity contribution < 1.29 is 9.63 Å². The number of amides is 1. The van der Waals surface area contributed by atoms with Crippen molar-refractivity contribution in [3.63, 3.8) is 0 Å². The molecule has 1 aromatic carbocycles. The Kier molecular flexibility index (Phi) is 3.55. The van der Waals surface area contributed by atoms with E-state index in [0.717, 1.165) is 10.2 Å². The van der Waals surface area contributed by atoms with Crippen LogP contribution in [0.15, 0.2) is 41.3 Å². The van der Waals surface area contributed by atoms with E-state index in [9.17, 15) is 4.79 Å². The Hall–Kier alpha value is -1.66. The molecule has 0 unspecified atom stereocenters. The molecule has 5 nitrogen and oxygen atoms in total. The predicted molar refractivity (Wildman–Crippen MR) is 65.7 cm³/mol. The normalized spacial score (nSPS) is 10.2. The fourth-order valence-corrected chi connectivity index (χ4v) is 1.60. The van der Waals surface area contributed by atoms with E-state index in [1.165, 1.54) is 7.11 Å². The molecule has 0 aliphatic heterocycles. The Morgan fingerprint density at radius 3 is 2.76 bits per heavy atom. The van der Waals surface area contributed by atoms with Gasteiger partial charge in [-0.2, -0.15) is 0 Å². The number of hydrogen-bond donors (Lipinski definition) is 1. The van der Waals surface area contributed by atoms with E-state index >= 15 is 0 Å².